The minimum absolute atomic E-state index is 0.124. The van der Waals surface area contributed by atoms with E-state index < -0.39 is 35.9 Å². The zero-order valence-electron chi connectivity index (χ0n) is 23.9. The van der Waals surface area contributed by atoms with Gasteiger partial charge in [-0.25, -0.2) is 9.59 Å². The zero-order valence-corrected chi connectivity index (χ0v) is 23.9. The number of nitrogens with zero attached hydrogens (tertiary/aromatic N) is 2. The van der Waals surface area contributed by atoms with Gasteiger partial charge < -0.3 is 14.2 Å². The number of carbonyl (C=O) groups excluding carboxylic acids is 2. The van der Waals surface area contributed by atoms with Gasteiger partial charge in [-0.2, -0.15) is 13.2 Å². The fourth-order valence-electron chi connectivity index (χ4n) is 5.38. The van der Waals surface area contributed by atoms with Crippen LogP contribution in [0.25, 0.3) is 22.3 Å². The van der Waals surface area contributed by atoms with Crippen molar-refractivity contribution in [1.82, 2.24) is 9.88 Å². The molecule has 2 atom stereocenters. The van der Waals surface area contributed by atoms with Gasteiger partial charge >= 0.3 is 18.2 Å². The van der Waals surface area contributed by atoms with Gasteiger partial charge in [0.15, 0.2) is 0 Å². The topological polar surface area (TPSA) is 78.0 Å². The van der Waals surface area contributed by atoms with Crippen molar-refractivity contribution in [2.75, 3.05) is 14.2 Å². The third-order valence-corrected chi connectivity index (χ3v) is 7.65. The Labute approximate surface area is 246 Å². The molecule has 10 heteroatoms. The van der Waals surface area contributed by atoms with E-state index in [1.165, 1.54) is 25.2 Å². The normalized spacial score (nSPS) is 16.6. The molecular formula is C33H29F3N2O5. The highest BCUT2D eigenvalue weighted by atomic mass is 19.4. The number of ether oxygens (including phenoxy) is 3. The van der Waals surface area contributed by atoms with Gasteiger partial charge in [-0.15, -0.1) is 0 Å². The summed E-state index contributed by atoms with van der Waals surface area (Å²) < 4.78 is 57.7. The van der Waals surface area contributed by atoms with Gasteiger partial charge in [-0.05, 0) is 95.8 Å². The molecule has 1 aromatic heterocycles. The Hall–Kier alpha value is -4.86. The molecular weight excluding hydrogens is 561 g/mol. The van der Waals surface area contributed by atoms with Crippen LogP contribution in [0.5, 0.6) is 5.75 Å². The van der Waals surface area contributed by atoms with E-state index in [0.29, 0.717) is 22.4 Å². The third-order valence-electron chi connectivity index (χ3n) is 7.65. The maximum Gasteiger partial charge on any atom is 0.416 e. The zero-order chi connectivity index (χ0) is 30.9. The van der Waals surface area contributed by atoms with Gasteiger partial charge in [0.1, 0.15) is 11.9 Å². The molecule has 0 saturated carbocycles. The van der Waals surface area contributed by atoms with Crippen molar-refractivity contribution in [3.8, 4) is 28.0 Å². The Morgan fingerprint density at radius 3 is 2.33 bits per heavy atom. The fraction of sp³-hybridized carbons (Fsp3) is 0.242. The lowest BCUT2D eigenvalue weighted by molar-refractivity contribution is -0.137. The van der Waals surface area contributed by atoms with E-state index in [1.54, 1.807) is 55.7 Å². The van der Waals surface area contributed by atoms with Gasteiger partial charge in [-0.1, -0.05) is 18.2 Å². The second kappa shape index (κ2) is 11.8. The number of hydrogen-bond acceptors (Lipinski definition) is 6. The van der Waals surface area contributed by atoms with Crippen LogP contribution in [0.2, 0.25) is 0 Å². The number of aromatic nitrogens is 1. The van der Waals surface area contributed by atoms with Crippen molar-refractivity contribution in [2.24, 2.45) is 0 Å². The van der Waals surface area contributed by atoms with Crippen molar-refractivity contribution in [2.45, 2.75) is 38.7 Å². The first kappa shape index (κ1) is 29.6. The molecule has 0 N–H and O–H groups in total. The standard InChI is InChI=1S/C33H29F3N2O5/c1-19-15-23(31(39)42-4)5-8-26(19)22-6-10-29(41-3)28(17-22)27-9-7-25(33(34,35)36)16-24(27)18-38-20(2)30(43-32(38)40)21-11-13-37-14-12-21/h5-17,20,30H,18H2,1-4H3/t20-,30-/m0/s1. The van der Waals surface area contributed by atoms with E-state index in [9.17, 15) is 22.8 Å². The van der Waals surface area contributed by atoms with Crippen LogP contribution in [0.3, 0.4) is 0 Å². The lowest BCUT2D eigenvalue weighted by Crippen LogP contribution is -2.31. The van der Waals surface area contributed by atoms with E-state index in [-0.39, 0.29) is 12.1 Å². The highest BCUT2D eigenvalue weighted by molar-refractivity contribution is 5.91. The molecule has 0 unspecified atom stereocenters. The molecule has 1 aliphatic heterocycles. The summed E-state index contributed by atoms with van der Waals surface area (Å²) in [5, 5.41) is 0. The molecule has 43 heavy (non-hydrogen) atoms. The molecule has 0 spiro atoms. The second-order valence-electron chi connectivity index (χ2n) is 10.3. The molecule has 0 radical (unpaired) electrons. The molecule has 0 bridgehead atoms. The monoisotopic (exact) mass is 590 g/mol. The predicted molar refractivity (Wildman–Crippen MR) is 153 cm³/mol. The van der Waals surface area contributed by atoms with E-state index in [4.69, 9.17) is 14.2 Å². The molecule has 222 valence electrons. The largest absolute Gasteiger partial charge is 0.496 e. The smallest absolute Gasteiger partial charge is 0.416 e. The van der Waals surface area contributed by atoms with Crippen LogP contribution in [-0.4, -0.2) is 42.2 Å². The van der Waals surface area contributed by atoms with Crippen LogP contribution in [-0.2, 0) is 22.2 Å². The summed E-state index contributed by atoms with van der Waals surface area (Å²) in [6.07, 6.45) is -2.63. The minimum Gasteiger partial charge on any atom is -0.496 e. The Kier molecular flexibility index (Phi) is 8.12. The van der Waals surface area contributed by atoms with Crippen LogP contribution >= 0.6 is 0 Å². The molecule has 3 aromatic carbocycles. The third kappa shape index (κ3) is 5.90. The Morgan fingerprint density at radius 1 is 0.953 bits per heavy atom. The molecule has 1 amide bonds. The SMILES string of the molecule is COC(=O)c1ccc(-c2ccc(OC)c(-c3ccc(C(F)(F)F)cc3CN3C(=O)O[C@H](c4ccncc4)[C@@H]3C)c2)c(C)c1. The summed E-state index contributed by atoms with van der Waals surface area (Å²) in [4.78, 5) is 30.4. The average Bonchev–Trinajstić information content (AvgIpc) is 3.28. The number of halogens is 3. The summed E-state index contributed by atoms with van der Waals surface area (Å²) >= 11 is 0. The average molecular weight is 591 g/mol. The van der Waals surface area contributed by atoms with Crippen molar-refractivity contribution in [3.63, 3.8) is 0 Å². The molecule has 5 rings (SSSR count). The molecule has 2 heterocycles. The number of esters is 1. The highest BCUT2D eigenvalue weighted by Crippen LogP contribution is 2.41. The summed E-state index contributed by atoms with van der Waals surface area (Å²) in [6, 6.07) is 17.1. The molecule has 1 aliphatic rings. The number of alkyl halides is 3. The first-order valence-electron chi connectivity index (χ1n) is 13.5. The van der Waals surface area contributed by atoms with E-state index in [2.05, 4.69) is 4.98 Å². The molecule has 0 aliphatic carbocycles. The lowest BCUT2D eigenvalue weighted by Gasteiger charge is -2.24. The number of aryl methyl sites for hydroxylation is 1. The van der Waals surface area contributed by atoms with Gasteiger partial charge in [-0.3, -0.25) is 9.88 Å². The first-order chi connectivity index (χ1) is 20.5. The number of benzene rings is 3. The predicted octanol–water partition coefficient (Wildman–Crippen LogP) is 7.62. The van der Waals surface area contributed by atoms with E-state index >= 15 is 0 Å². The van der Waals surface area contributed by atoms with E-state index in [1.807, 2.05) is 19.1 Å². The number of rotatable bonds is 7. The van der Waals surface area contributed by atoms with Gasteiger partial charge in [0.05, 0.1) is 37.9 Å². The second-order valence-corrected chi connectivity index (χ2v) is 10.3. The van der Waals surface area contributed by atoms with Crippen molar-refractivity contribution in [1.29, 1.82) is 0 Å². The maximum absolute atomic E-state index is 13.9. The Bertz CT molecular complexity index is 1670. The van der Waals surface area contributed by atoms with Crippen molar-refractivity contribution >= 4 is 12.1 Å². The maximum atomic E-state index is 13.9. The quantitative estimate of drug-likeness (QED) is 0.206. The first-order valence-corrected chi connectivity index (χ1v) is 13.5. The van der Waals surface area contributed by atoms with Crippen LogP contribution < -0.4 is 4.74 Å². The van der Waals surface area contributed by atoms with Crippen molar-refractivity contribution < 1.29 is 37.0 Å². The fourth-order valence-corrected chi connectivity index (χ4v) is 5.38. The number of cyclic esters (lactones) is 1. The number of amides is 1. The van der Waals surface area contributed by atoms with Gasteiger partial charge in [0, 0.05) is 18.0 Å². The number of hydrogen-bond donors (Lipinski definition) is 0. The molecule has 1 fully saturated rings. The lowest BCUT2D eigenvalue weighted by atomic mass is 9.91. The van der Waals surface area contributed by atoms with Crippen LogP contribution in [0.4, 0.5) is 18.0 Å². The highest BCUT2D eigenvalue weighted by Gasteiger charge is 2.40. The number of methoxy groups -OCH3 is 2. The summed E-state index contributed by atoms with van der Waals surface area (Å²) in [5.74, 6) is -0.0133. The summed E-state index contributed by atoms with van der Waals surface area (Å²) in [5.41, 5.74) is 4.01. The Morgan fingerprint density at radius 2 is 1.67 bits per heavy atom. The minimum atomic E-state index is -4.59. The summed E-state index contributed by atoms with van der Waals surface area (Å²) in [7, 11) is 2.79. The van der Waals surface area contributed by atoms with Crippen LogP contribution in [0, 0.1) is 6.92 Å². The van der Waals surface area contributed by atoms with Gasteiger partial charge in [0.2, 0.25) is 0 Å². The number of pyridine rings is 1. The van der Waals surface area contributed by atoms with Gasteiger partial charge in [0.25, 0.3) is 0 Å². The molecule has 4 aromatic rings. The van der Waals surface area contributed by atoms with E-state index in [0.717, 1.165) is 34.4 Å². The van der Waals surface area contributed by atoms with Crippen molar-refractivity contribution in [3.05, 3.63) is 107 Å². The van der Waals surface area contributed by atoms with Crippen LogP contribution in [0.15, 0.2) is 79.1 Å². The number of carbonyl (C=O) groups is 2. The molecule has 7 nitrogen and oxygen atoms in total. The Balaban J connectivity index is 1.59. The molecule has 1 saturated heterocycles. The summed E-state index contributed by atoms with van der Waals surface area (Å²) in [6.45, 7) is 3.53. The van der Waals surface area contributed by atoms with Crippen LogP contribution in [0.1, 0.15) is 45.6 Å².